The second-order valence-corrected chi connectivity index (χ2v) is 10.5. The second-order valence-electron chi connectivity index (χ2n) is 8.89. The fourth-order valence-electron chi connectivity index (χ4n) is 4.01. The highest BCUT2D eigenvalue weighted by molar-refractivity contribution is 8.00. The van der Waals surface area contributed by atoms with E-state index < -0.39 is 109 Å². The summed E-state index contributed by atoms with van der Waals surface area (Å²) in [4.78, 5) is 40.9. The minimum atomic E-state index is -6.00. The number of imide groups is 2. The molecule has 0 saturated heterocycles. The monoisotopic (exact) mass is 689 g/mol. The highest BCUT2D eigenvalue weighted by Crippen LogP contribution is 2.49. The number of thioether (sulfide) groups is 1. The van der Waals surface area contributed by atoms with E-state index in [0.717, 1.165) is 26.4 Å². The maximum Gasteiger partial charge on any atom is 0.464 e. The molecule has 3 rings (SSSR count). The first-order valence-electron chi connectivity index (χ1n) is 12.0. The standard InChI is InChI=1S/C27H19ClF9N2O5S/c1-43-12-38(23(40)21-16(29)5-3-6-17(21)30)25(42)39(13-44-2,24(41)22-18(31)7-4-8-19(22)32)20-10-9-14(11-15(20)28)45-27(36,37)26(33,34)35/h3-11H,12-13H2,1-2H3/q+1. The number of carbonyl (C=O) groups excluding carboxylic acids is 3. The van der Waals surface area contributed by atoms with E-state index in [0.29, 0.717) is 42.5 Å². The highest BCUT2D eigenvalue weighted by atomic mass is 35.5. The van der Waals surface area contributed by atoms with E-state index in [1.165, 1.54) is 0 Å². The number of rotatable bonds is 9. The molecule has 0 radical (unpaired) electrons. The van der Waals surface area contributed by atoms with E-state index in [2.05, 4.69) is 0 Å². The largest absolute Gasteiger partial charge is 0.464 e. The Balaban J connectivity index is 2.36. The van der Waals surface area contributed by atoms with Crippen molar-refractivity contribution in [2.24, 2.45) is 0 Å². The zero-order valence-corrected chi connectivity index (χ0v) is 24.3. The molecule has 0 aliphatic carbocycles. The zero-order chi connectivity index (χ0) is 33.9. The lowest BCUT2D eigenvalue weighted by atomic mass is 10.1. The number of alkyl halides is 5. The van der Waals surface area contributed by atoms with E-state index >= 15 is 0 Å². The van der Waals surface area contributed by atoms with Crippen LogP contribution in [0.1, 0.15) is 20.7 Å². The zero-order valence-electron chi connectivity index (χ0n) is 22.7. The van der Waals surface area contributed by atoms with Gasteiger partial charge in [0.25, 0.3) is 5.91 Å². The first-order chi connectivity index (χ1) is 20.9. The number of hydrogen-bond acceptors (Lipinski definition) is 6. The van der Waals surface area contributed by atoms with Crippen molar-refractivity contribution in [2.75, 3.05) is 27.7 Å². The van der Waals surface area contributed by atoms with Gasteiger partial charge in [-0.15, -0.1) is 4.48 Å². The van der Waals surface area contributed by atoms with E-state index in [1.54, 1.807) is 0 Å². The molecular weight excluding hydrogens is 671 g/mol. The Hall–Kier alpha value is -3.64. The van der Waals surface area contributed by atoms with Crippen LogP contribution >= 0.6 is 23.4 Å². The summed E-state index contributed by atoms with van der Waals surface area (Å²) in [5, 5.41) is -6.22. The number of nitrogens with zero attached hydrogens (tertiary/aromatic N) is 2. The van der Waals surface area contributed by atoms with Crippen LogP contribution < -0.4 is 4.48 Å². The fraction of sp³-hybridized carbons (Fsp3) is 0.222. The van der Waals surface area contributed by atoms with Gasteiger partial charge in [0.1, 0.15) is 40.6 Å². The Bertz CT molecular complexity index is 1590. The molecule has 0 bridgehead atoms. The van der Waals surface area contributed by atoms with Gasteiger partial charge in [0.15, 0.2) is 11.3 Å². The molecule has 0 fully saturated rings. The van der Waals surface area contributed by atoms with Crippen LogP contribution in [0, 0.1) is 23.3 Å². The molecule has 0 aliphatic heterocycles. The van der Waals surface area contributed by atoms with E-state index in [9.17, 15) is 53.9 Å². The summed E-state index contributed by atoms with van der Waals surface area (Å²) >= 11 is 5.22. The molecule has 0 aliphatic rings. The molecule has 7 nitrogen and oxygen atoms in total. The summed E-state index contributed by atoms with van der Waals surface area (Å²) in [6, 6.07) is 4.14. The van der Waals surface area contributed by atoms with E-state index in [-0.39, 0.29) is 4.90 Å². The van der Waals surface area contributed by atoms with Crippen molar-refractivity contribution in [3.63, 3.8) is 0 Å². The maximum atomic E-state index is 14.9. The number of methoxy groups -OCH3 is 2. The molecule has 0 saturated carbocycles. The van der Waals surface area contributed by atoms with Gasteiger partial charge < -0.3 is 9.47 Å². The van der Waals surface area contributed by atoms with Gasteiger partial charge in [0.05, 0.1) is 0 Å². The third kappa shape index (κ3) is 6.96. The Morgan fingerprint density at radius 2 is 1.33 bits per heavy atom. The third-order valence-electron chi connectivity index (χ3n) is 5.99. The van der Waals surface area contributed by atoms with Crippen LogP contribution in [0.3, 0.4) is 0 Å². The van der Waals surface area contributed by atoms with Crippen molar-refractivity contribution in [1.29, 1.82) is 0 Å². The van der Waals surface area contributed by atoms with Crippen LogP contribution in [0.2, 0.25) is 5.02 Å². The molecule has 0 N–H and O–H groups in total. The highest BCUT2D eigenvalue weighted by Gasteiger charge is 2.59. The van der Waals surface area contributed by atoms with Crippen molar-refractivity contribution >= 4 is 46.9 Å². The number of hydrogen-bond donors (Lipinski definition) is 0. The van der Waals surface area contributed by atoms with E-state index in [1.807, 2.05) is 0 Å². The van der Waals surface area contributed by atoms with Gasteiger partial charge in [-0.25, -0.2) is 32.1 Å². The molecule has 45 heavy (non-hydrogen) atoms. The number of ether oxygens (including phenoxy) is 2. The summed E-state index contributed by atoms with van der Waals surface area (Å²) in [6.45, 7) is -2.39. The Morgan fingerprint density at radius 1 is 0.822 bits per heavy atom. The van der Waals surface area contributed by atoms with Crippen LogP contribution in [-0.4, -0.2) is 61.9 Å². The van der Waals surface area contributed by atoms with Gasteiger partial charge >= 0.3 is 23.4 Å². The maximum absolute atomic E-state index is 14.9. The molecule has 0 spiro atoms. The lowest BCUT2D eigenvalue weighted by Gasteiger charge is -2.35. The topological polar surface area (TPSA) is 72.9 Å². The van der Waals surface area contributed by atoms with Crippen molar-refractivity contribution in [3.8, 4) is 0 Å². The molecule has 0 heterocycles. The SMILES string of the molecule is COCN(C(=O)c1c(F)cccc1F)C(=O)[N+](COC)(C(=O)c1c(F)cccc1F)c1ccc(SC(F)(F)C(F)(F)F)cc1Cl. The number of carbonyl (C=O) groups is 3. The average molecular weight is 690 g/mol. The molecule has 3 aromatic rings. The lowest BCUT2D eigenvalue weighted by Crippen LogP contribution is -2.65. The molecule has 0 aromatic heterocycles. The third-order valence-corrected chi connectivity index (χ3v) is 7.27. The van der Waals surface area contributed by atoms with Gasteiger partial charge in [0.2, 0.25) is 6.73 Å². The van der Waals surface area contributed by atoms with Crippen molar-refractivity contribution in [1.82, 2.24) is 9.38 Å². The average Bonchev–Trinajstić information content (AvgIpc) is 2.93. The Labute approximate surface area is 257 Å². The minimum Gasteiger partial charge on any atom is -0.364 e. The number of benzene rings is 3. The van der Waals surface area contributed by atoms with Crippen LogP contribution in [0.4, 0.5) is 50.0 Å². The van der Waals surface area contributed by atoms with Crippen LogP contribution in [0.5, 0.6) is 0 Å². The summed E-state index contributed by atoms with van der Waals surface area (Å²) in [6.07, 6.45) is -6.00. The normalized spacial score (nSPS) is 13.3. The Kier molecular flexibility index (Phi) is 11.0. The van der Waals surface area contributed by atoms with Crippen LogP contribution in [0.25, 0.3) is 0 Å². The first-order valence-corrected chi connectivity index (χ1v) is 13.2. The lowest BCUT2D eigenvalue weighted by molar-refractivity contribution is -0.237. The van der Waals surface area contributed by atoms with Crippen LogP contribution in [0.15, 0.2) is 59.5 Å². The molecule has 3 aromatic carbocycles. The first kappa shape index (κ1) is 35.8. The predicted molar refractivity (Wildman–Crippen MR) is 142 cm³/mol. The smallest absolute Gasteiger partial charge is 0.364 e. The van der Waals surface area contributed by atoms with Crippen LogP contribution in [-0.2, 0) is 9.47 Å². The second kappa shape index (κ2) is 13.8. The fourth-order valence-corrected chi connectivity index (χ4v) is 5.12. The molecular formula is C27H19ClF9N2O5S+. The predicted octanol–water partition coefficient (Wildman–Crippen LogP) is 7.76. The van der Waals surface area contributed by atoms with Gasteiger partial charge in [-0.2, -0.15) is 22.0 Å². The van der Waals surface area contributed by atoms with Crippen molar-refractivity contribution < 1.29 is 63.4 Å². The molecule has 242 valence electrons. The number of quaternary nitrogens is 1. The van der Waals surface area contributed by atoms with Gasteiger partial charge in [-0.05, 0) is 48.2 Å². The number of amides is 4. The molecule has 18 heteroatoms. The summed E-state index contributed by atoms with van der Waals surface area (Å²) < 4.78 is 133. The van der Waals surface area contributed by atoms with Gasteiger partial charge in [-0.1, -0.05) is 23.7 Å². The summed E-state index contributed by atoms with van der Waals surface area (Å²) in [5.41, 5.74) is -3.56. The quantitative estimate of drug-likeness (QED) is 0.0990. The minimum absolute atomic E-state index is 0.0199. The summed E-state index contributed by atoms with van der Waals surface area (Å²) in [5.74, 6) is -9.58. The Morgan fingerprint density at radius 3 is 1.78 bits per heavy atom. The molecule has 4 amide bonds. The van der Waals surface area contributed by atoms with Crippen molar-refractivity contribution in [3.05, 3.63) is 94.0 Å². The molecule has 1 unspecified atom stereocenters. The van der Waals surface area contributed by atoms with E-state index in [4.69, 9.17) is 21.1 Å². The van der Waals surface area contributed by atoms with Gasteiger partial charge in [-0.3, -0.25) is 4.79 Å². The van der Waals surface area contributed by atoms with Crippen molar-refractivity contribution in [2.45, 2.75) is 16.3 Å². The van der Waals surface area contributed by atoms with Gasteiger partial charge in [0, 0.05) is 25.2 Å². The molecule has 1 atom stereocenters. The number of halogens is 10. The summed E-state index contributed by atoms with van der Waals surface area (Å²) in [7, 11) is 1.81. The number of urea groups is 1.